The van der Waals surface area contributed by atoms with Crippen molar-refractivity contribution in [3.05, 3.63) is 59.3 Å². The fourth-order valence-corrected chi connectivity index (χ4v) is 5.38. The molecule has 0 spiro atoms. The Hall–Kier alpha value is -2.29. The molecule has 8 heteroatoms. The number of aliphatic carboxylic acids is 1. The summed E-state index contributed by atoms with van der Waals surface area (Å²) in [5, 5.41) is 11.5. The van der Waals surface area contributed by atoms with Gasteiger partial charge in [0.05, 0.1) is 18.2 Å². The summed E-state index contributed by atoms with van der Waals surface area (Å²) in [6, 6.07) is 16.2. The summed E-state index contributed by atoms with van der Waals surface area (Å²) in [6.07, 6.45) is 0. The van der Waals surface area contributed by atoms with E-state index in [1.807, 2.05) is 54.4 Å². The van der Waals surface area contributed by atoms with Crippen LogP contribution < -0.4 is 10.0 Å². The van der Waals surface area contributed by atoms with Gasteiger partial charge in [-0.2, -0.15) is 0 Å². The van der Waals surface area contributed by atoms with Crippen LogP contribution in [0, 0.1) is 0 Å². The molecule has 5 nitrogen and oxygen atoms in total. The van der Waals surface area contributed by atoms with Crippen LogP contribution in [0.5, 0.6) is 0 Å². The van der Waals surface area contributed by atoms with Crippen molar-refractivity contribution in [1.82, 2.24) is 4.90 Å². The second kappa shape index (κ2) is 7.03. The molecule has 0 saturated carbocycles. The maximum atomic E-state index is 12.5. The second-order valence-electron chi connectivity index (χ2n) is 5.98. The molecular weight excluding hydrogens is 400 g/mol. The predicted molar refractivity (Wildman–Crippen MR) is 110 cm³/mol. The molecule has 1 fully saturated rings. The number of carbonyl (C=O) groups excluding carboxylic acids is 2. The van der Waals surface area contributed by atoms with Gasteiger partial charge in [0.2, 0.25) is 5.12 Å². The third-order valence-electron chi connectivity index (χ3n) is 4.29. The van der Waals surface area contributed by atoms with E-state index in [2.05, 4.69) is 6.07 Å². The van der Waals surface area contributed by atoms with Gasteiger partial charge in [-0.1, -0.05) is 60.4 Å². The van der Waals surface area contributed by atoms with E-state index in [1.54, 1.807) is 0 Å². The van der Waals surface area contributed by atoms with Crippen molar-refractivity contribution in [2.45, 2.75) is 4.90 Å². The predicted octanol–water partition coefficient (Wildman–Crippen LogP) is 2.67. The number of hydrogen-bond donors (Lipinski definition) is 0. The average Bonchev–Trinajstić information content (AvgIpc) is 3.11. The average molecular weight is 414 g/mol. The number of nitrogens with zero attached hydrogens (tertiary/aromatic N) is 2. The van der Waals surface area contributed by atoms with Crippen LogP contribution in [-0.4, -0.2) is 33.9 Å². The highest BCUT2D eigenvalue weighted by Gasteiger charge is 2.38. The molecule has 0 bridgehead atoms. The maximum absolute atomic E-state index is 12.5. The van der Waals surface area contributed by atoms with Crippen molar-refractivity contribution in [2.75, 3.05) is 18.5 Å². The van der Waals surface area contributed by atoms with Gasteiger partial charge >= 0.3 is 0 Å². The van der Waals surface area contributed by atoms with E-state index in [9.17, 15) is 14.7 Å². The van der Waals surface area contributed by atoms with Crippen molar-refractivity contribution < 1.29 is 14.7 Å². The van der Waals surface area contributed by atoms with Gasteiger partial charge in [-0.15, -0.1) is 0 Å². The zero-order valence-corrected chi connectivity index (χ0v) is 16.6. The smallest absolute Gasteiger partial charge is 0.245 e. The number of thioether (sulfide) groups is 2. The quantitative estimate of drug-likeness (QED) is 0.562. The first-order valence-electron chi connectivity index (χ1n) is 8.04. The Morgan fingerprint density at radius 3 is 2.56 bits per heavy atom. The van der Waals surface area contributed by atoms with E-state index >= 15 is 0 Å². The molecule has 2 aliphatic rings. The van der Waals surface area contributed by atoms with Crippen molar-refractivity contribution in [1.29, 1.82) is 0 Å². The Labute approximate surface area is 170 Å². The van der Waals surface area contributed by atoms with Crippen molar-refractivity contribution in [3.8, 4) is 11.1 Å². The van der Waals surface area contributed by atoms with Crippen LogP contribution in [0.3, 0.4) is 0 Å². The van der Waals surface area contributed by atoms with Gasteiger partial charge < -0.3 is 19.7 Å². The molecule has 2 aromatic rings. The second-order valence-corrected chi connectivity index (χ2v) is 8.61. The molecule has 2 aliphatic heterocycles. The van der Waals surface area contributed by atoms with Gasteiger partial charge in [-0.3, -0.25) is 4.79 Å². The SMILES string of the molecule is CN1C(=C2C(=O)SC(=S)N2CC(=O)[O-])Sc2ccc(-c3ccccc3)cc21. The summed E-state index contributed by atoms with van der Waals surface area (Å²) >= 11 is 7.49. The first-order valence-corrected chi connectivity index (χ1v) is 10.1. The molecule has 27 heavy (non-hydrogen) atoms. The number of anilines is 1. The zero-order valence-electron chi connectivity index (χ0n) is 14.2. The highest BCUT2D eigenvalue weighted by molar-refractivity contribution is 8.33. The van der Waals surface area contributed by atoms with Gasteiger partial charge in [0.25, 0.3) is 0 Å². The molecule has 0 N–H and O–H groups in total. The highest BCUT2D eigenvalue weighted by atomic mass is 32.2. The van der Waals surface area contributed by atoms with E-state index in [0.717, 1.165) is 33.5 Å². The topological polar surface area (TPSA) is 63.7 Å². The van der Waals surface area contributed by atoms with Crippen molar-refractivity contribution in [2.24, 2.45) is 0 Å². The number of thiocarbonyl (C=S) groups is 1. The molecule has 0 radical (unpaired) electrons. The number of rotatable bonds is 3. The lowest BCUT2D eigenvalue weighted by Gasteiger charge is -2.22. The monoisotopic (exact) mass is 413 g/mol. The Balaban J connectivity index is 1.76. The van der Waals surface area contributed by atoms with Crippen LogP contribution in [0.1, 0.15) is 0 Å². The fraction of sp³-hybridized carbons (Fsp3) is 0.105. The minimum absolute atomic E-state index is 0.238. The number of benzene rings is 2. The molecule has 1 saturated heterocycles. The normalized spacial score (nSPS) is 19.0. The number of carboxylic acids is 1. The highest BCUT2D eigenvalue weighted by Crippen LogP contribution is 2.49. The third-order valence-corrected chi connectivity index (χ3v) is 6.76. The van der Waals surface area contributed by atoms with Crippen LogP contribution in [0.25, 0.3) is 11.1 Å². The zero-order chi connectivity index (χ0) is 19.1. The molecule has 0 aromatic heterocycles. The molecule has 2 heterocycles. The van der Waals surface area contributed by atoms with Crippen LogP contribution >= 0.6 is 35.7 Å². The molecular formula is C19H13N2O3S3-. The lowest BCUT2D eigenvalue weighted by molar-refractivity contribution is -0.305. The molecule has 0 atom stereocenters. The van der Waals surface area contributed by atoms with Crippen LogP contribution in [0.2, 0.25) is 0 Å². The first kappa shape index (κ1) is 18.1. The summed E-state index contributed by atoms with van der Waals surface area (Å²) in [5.74, 6) is -1.28. The lowest BCUT2D eigenvalue weighted by atomic mass is 10.1. The molecule has 0 unspecified atom stereocenters. The summed E-state index contributed by atoms with van der Waals surface area (Å²) in [7, 11) is 1.87. The molecule has 4 rings (SSSR count). The Kier molecular flexibility index (Phi) is 4.71. The summed E-state index contributed by atoms with van der Waals surface area (Å²) in [6.45, 7) is -0.434. The Morgan fingerprint density at radius 1 is 1.11 bits per heavy atom. The van der Waals surface area contributed by atoms with Crippen molar-refractivity contribution >= 4 is 56.8 Å². The van der Waals surface area contributed by atoms with E-state index in [1.165, 1.54) is 16.7 Å². The summed E-state index contributed by atoms with van der Waals surface area (Å²) < 4.78 is 0.238. The standard InChI is InChI=1S/C19H14N2O3S3/c1-20-13-9-12(11-5-3-2-4-6-11)7-8-14(13)26-17(20)16-18(24)27-19(25)21(16)10-15(22)23/h2-9H,10H2,1H3,(H,22,23)/p-1. The van der Waals surface area contributed by atoms with E-state index < -0.39 is 12.5 Å². The summed E-state index contributed by atoms with van der Waals surface area (Å²) in [4.78, 5) is 27.8. The summed E-state index contributed by atoms with van der Waals surface area (Å²) in [5.41, 5.74) is 3.45. The molecule has 136 valence electrons. The fourth-order valence-electron chi connectivity index (χ4n) is 3.02. The van der Waals surface area contributed by atoms with Gasteiger partial charge in [-0.05, 0) is 35.0 Å². The maximum Gasteiger partial charge on any atom is 0.245 e. The number of carbonyl (C=O) groups is 2. The molecule has 0 amide bonds. The number of hydrogen-bond acceptors (Lipinski definition) is 7. The lowest BCUT2D eigenvalue weighted by Crippen LogP contribution is -2.38. The van der Waals surface area contributed by atoms with Gasteiger partial charge in [-0.25, -0.2) is 0 Å². The third kappa shape index (κ3) is 3.24. The van der Waals surface area contributed by atoms with Gasteiger partial charge in [0, 0.05) is 11.9 Å². The Bertz CT molecular complexity index is 1000. The van der Waals surface area contributed by atoms with E-state index in [-0.39, 0.29) is 9.44 Å². The number of carboxylic acid groups (broad SMARTS) is 1. The molecule has 2 aromatic carbocycles. The minimum Gasteiger partial charge on any atom is -0.548 e. The largest absolute Gasteiger partial charge is 0.548 e. The Morgan fingerprint density at radius 2 is 1.85 bits per heavy atom. The first-order chi connectivity index (χ1) is 13.0. The van der Waals surface area contributed by atoms with E-state index in [0.29, 0.717) is 10.7 Å². The minimum atomic E-state index is -1.28. The van der Waals surface area contributed by atoms with Gasteiger partial charge in [0.1, 0.15) is 15.0 Å². The van der Waals surface area contributed by atoms with Crippen LogP contribution in [0.15, 0.2) is 64.2 Å². The van der Waals surface area contributed by atoms with Crippen LogP contribution in [-0.2, 0) is 9.59 Å². The number of fused-ring (bicyclic) bond motifs is 1. The van der Waals surface area contributed by atoms with Gasteiger partial charge in [0.15, 0.2) is 0 Å². The van der Waals surface area contributed by atoms with Crippen LogP contribution in [0.4, 0.5) is 5.69 Å². The molecule has 0 aliphatic carbocycles. The van der Waals surface area contributed by atoms with E-state index in [4.69, 9.17) is 12.2 Å². The van der Waals surface area contributed by atoms with Crippen molar-refractivity contribution in [3.63, 3.8) is 0 Å².